The molecular weight excluding hydrogens is 212 g/mol. The normalized spacial score (nSPS) is 27.5. The highest BCUT2D eigenvalue weighted by Gasteiger charge is 2.32. The average molecular weight is 242 g/mol. The number of hydrogen-bond acceptors (Lipinski definition) is 3. The van der Waals surface area contributed by atoms with Crippen molar-refractivity contribution in [2.75, 3.05) is 26.8 Å². The predicted octanol–water partition coefficient (Wildman–Crippen LogP) is 2.26. The van der Waals surface area contributed by atoms with E-state index in [-0.39, 0.29) is 0 Å². The molecule has 0 aromatic rings. The van der Waals surface area contributed by atoms with Crippen LogP contribution in [0.1, 0.15) is 46.5 Å². The minimum Gasteiger partial charge on any atom is -0.385 e. The van der Waals surface area contributed by atoms with Crippen molar-refractivity contribution in [2.45, 2.75) is 64.6 Å². The Labute approximate surface area is 107 Å². The van der Waals surface area contributed by atoms with Crippen molar-refractivity contribution in [1.29, 1.82) is 0 Å². The summed E-state index contributed by atoms with van der Waals surface area (Å²) >= 11 is 0. The van der Waals surface area contributed by atoms with E-state index in [2.05, 4.69) is 31.0 Å². The van der Waals surface area contributed by atoms with Gasteiger partial charge in [-0.05, 0) is 46.1 Å². The van der Waals surface area contributed by atoms with Gasteiger partial charge in [0.05, 0.1) is 0 Å². The van der Waals surface area contributed by atoms with E-state index in [9.17, 15) is 0 Å². The van der Waals surface area contributed by atoms with Crippen LogP contribution in [0.15, 0.2) is 0 Å². The van der Waals surface area contributed by atoms with E-state index in [0.717, 1.165) is 38.2 Å². The molecule has 1 fully saturated rings. The van der Waals surface area contributed by atoms with Crippen LogP contribution in [0.3, 0.4) is 0 Å². The molecule has 0 saturated carbocycles. The van der Waals surface area contributed by atoms with Crippen molar-refractivity contribution in [1.82, 2.24) is 10.2 Å². The molecule has 1 heterocycles. The molecular formula is C14H30N2O. The van der Waals surface area contributed by atoms with Gasteiger partial charge in [0.25, 0.3) is 0 Å². The highest BCUT2D eigenvalue weighted by atomic mass is 16.5. The monoisotopic (exact) mass is 242 g/mol. The number of likely N-dealkylation sites (tertiary alicyclic amines) is 1. The van der Waals surface area contributed by atoms with Crippen molar-refractivity contribution in [3.8, 4) is 0 Å². The van der Waals surface area contributed by atoms with Crippen LogP contribution in [0, 0.1) is 0 Å². The summed E-state index contributed by atoms with van der Waals surface area (Å²) < 4.78 is 5.05. The molecule has 3 atom stereocenters. The quantitative estimate of drug-likeness (QED) is 0.661. The van der Waals surface area contributed by atoms with Crippen LogP contribution in [-0.2, 0) is 4.74 Å². The van der Waals surface area contributed by atoms with Crippen LogP contribution in [-0.4, -0.2) is 49.8 Å². The SMILES string of the molecule is CCC1CCC(C)N1C(C)CNCCCOC. The van der Waals surface area contributed by atoms with Crippen molar-refractivity contribution >= 4 is 0 Å². The molecule has 0 aliphatic carbocycles. The zero-order chi connectivity index (χ0) is 12.7. The molecule has 17 heavy (non-hydrogen) atoms. The number of rotatable bonds is 8. The third-order valence-corrected chi connectivity index (χ3v) is 3.97. The van der Waals surface area contributed by atoms with Crippen molar-refractivity contribution in [2.24, 2.45) is 0 Å². The van der Waals surface area contributed by atoms with Crippen LogP contribution < -0.4 is 5.32 Å². The summed E-state index contributed by atoms with van der Waals surface area (Å²) in [5.74, 6) is 0. The van der Waals surface area contributed by atoms with Crippen LogP contribution >= 0.6 is 0 Å². The van der Waals surface area contributed by atoms with E-state index in [4.69, 9.17) is 4.74 Å². The number of nitrogens with zero attached hydrogens (tertiary/aromatic N) is 1. The molecule has 3 nitrogen and oxygen atoms in total. The van der Waals surface area contributed by atoms with Gasteiger partial charge in [0, 0.05) is 38.4 Å². The molecule has 1 N–H and O–H groups in total. The fraction of sp³-hybridized carbons (Fsp3) is 1.00. The van der Waals surface area contributed by atoms with E-state index >= 15 is 0 Å². The zero-order valence-electron chi connectivity index (χ0n) is 12.0. The Morgan fingerprint density at radius 2 is 2.18 bits per heavy atom. The Morgan fingerprint density at radius 1 is 1.41 bits per heavy atom. The van der Waals surface area contributed by atoms with E-state index in [1.165, 1.54) is 19.3 Å². The van der Waals surface area contributed by atoms with E-state index in [1.54, 1.807) is 7.11 Å². The van der Waals surface area contributed by atoms with Gasteiger partial charge in [0.1, 0.15) is 0 Å². The molecule has 1 rings (SSSR count). The van der Waals surface area contributed by atoms with Crippen LogP contribution in [0.25, 0.3) is 0 Å². The lowest BCUT2D eigenvalue weighted by Crippen LogP contribution is -2.46. The van der Waals surface area contributed by atoms with Gasteiger partial charge in [0.2, 0.25) is 0 Å². The third kappa shape index (κ3) is 4.57. The Bertz CT molecular complexity index is 199. The zero-order valence-corrected chi connectivity index (χ0v) is 12.0. The average Bonchev–Trinajstić information content (AvgIpc) is 2.70. The predicted molar refractivity (Wildman–Crippen MR) is 73.4 cm³/mol. The summed E-state index contributed by atoms with van der Waals surface area (Å²) in [5.41, 5.74) is 0. The first-order chi connectivity index (χ1) is 8.20. The number of nitrogens with one attached hydrogen (secondary N) is 1. The molecule has 1 aliphatic heterocycles. The first-order valence-corrected chi connectivity index (χ1v) is 7.17. The third-order valence-electron chi connectivity index (χ3n) is 3.97. The molecule has 1 aliphatic rings. The van der Waals surface area contributed by atoms with Crippen molar-refractivity contribution in [3.05, 3.63) is 0 Å². The van der Waals surface area contributed by atoms with Crippen LogP contribution in [0.4, 0.5) is 0 Å². The lowest BCUT2D eigenvalue weighted by atomic mass is 10.1. The Morgan fingerprint density at radius 3 is 2.82 bits per heavy atom. The summed E-state index contributed by atoms with van der Waals surface area (Å²) in [6, 6.07) is 2.22. The summed E-state index contributed by atoms with van der Waals surface area (Å²) in [5, 5.41) is 3.54. The maximum atomic E-state index is 5.05. The lowest BCUT2D eigenvalue weighted by molar-refractivity contribution is 0.139. The molecule has 3 heteroatoms. The highest BCUT2D eigenvalue weighted by molar-refractivity contribution is 4.88. The number of hydrogen-bond donors (Lipinski definition) is 1. The molecule has 1 saturated heterocycles. The van der Waals surface area contributed by atoms with Gasteiger partial charge < -0.3 is 10.1 Å². The molecule has 0 spiro atoms. The van der Waals surface area contributed by atoms with E-state index in [0.29, 0.717) is 6.04 Å². The van der Waals surface area contributed by atoms with Gasteiger partial charge in [0.15, 0.2) is 0 Å². The second-order valence-electron chi connectivity index (χ2n) is 5.34. The summed E-state index contributed by atoms with van der Waals surface area (Å²) in [4.78, 5) is 2.71. The van der Waals surface area contributed by atoms with Gasteiger partial charge in [-0.25, -0.2) is 0 Å². The van der Waals surface area contributed by atoms with Crippen molar-refractivity contribution in [3.63, 3.8) is 0 Å². The Kier molecular flexibility index (Phi) is 7.09. The van der Waals surface area contributed by atoms with Gasteiger partial charge in [-0.15, -0.1) is 0 Å². The molecule has 0 amide bonds. The maximum absolute atomic E-state index is 5.05. The van der Waals surface area contributed by atoms with Crippen molar-refractivity contribution < 1.29 is 4.74 Å². The standard InChI is InChI=1S/C14H30N2O/c1-5-14-8-7-12(2)16(14)13(3)11-15-9-6-10-17-4/h12-15H,5-11H2,1-4H3. The molecule has 102 valence electrons. The first-order valence-electron chi connectivity index (χ1n) is 7.17. The fourth-order valence-corrected chi connectivity index (χ4v) is 3.06. The van der Waals surface area contributed by atoms with Gasteiger partial charge in [-0.3, -0.25) is 4.90 Å². The smallest absolute Gasteiger partial charge is 0.0474 e. The Hall–Kier alpha value is -0.120. The molecule has 0 bridgehead atoms. The first kappa shape index (κ1) is 14.9. The summed E-state index contributed by atoms with van der Waals surface area (Å²) in [7, 11) is 1.76. The highest BCUT2D eigenvalue weighted by Crippen LogP contribution is 2.27. The number of ether oxygens (including phenoxy) is 1. The molecule has 0 radical (unpaired) electrons. The van der Waals surface area contributed by atoms with E-state index in [1.807, 2.05) is 0 Å². The van der Waals surface area contributed by atoms with Crippen LogP contribution in [0.5, 0.6) is 0 Å². The second kappa shape index (κ2) is 8.06. The largest absolute Gasteiger partial charge is 0.385 e. The minimum atomic E-state index is 0.653. The second-order valence-corrected chi connectivity index (χ2v) is 5.34. The molecule has 3 unspecified atom stereocenters. The Balaban J connectivity index is 2.23. The molecule has 0 aromatic heterocycles. The minimum absolute atomic E-state index is 0.653. The molecule has 0 aromatic carbocycles. The summed E-state index contributed by atoms with van der Waals surface area (Å²) in [6.07, 6.45) is 5.15. The maximum Gasteiger partial charge on any atom is 0.0474 e. The van der Waals surface area contributed by atoms with Gasteiger partial charge >= 0.3 is 0 Å². The van der Waals surface area contributed by atoms with Gasteiger partial charge in [-0.2, -0.15) is 0 Å². The summed E-state index contributed by atoms with van der Waals surface area (Å²) in [6.45, 7) is 10.1. The fourth-order valence-electron chi connectivity index (χ4n) is 3.06. The van der Waals surface area contributed by atoms with Crippen LogP contribution in [0.2, 0.25) is 0 Å². The number of methoxy groups -OCH3 is 1. The van der Waals surface area contributed by atoms with E-state index < -0.39 is 0 Å². The lowest BCUT2D eigenvalue weighted by Gasteiger charge is -2.34. The van der Waals surface area contributed by atoms with Gasteiger partial charge in [-0.1, -0.05) is 6.92 Å². The topological polar surface area (TPSA) is 24.5 Å².